The van der Waals surface area contributed by atoms with Crippen molar-refractivity contribution in [2.24, 2.45) is 5.10 Å². The van der Waals surface area contributed by atoms with E-state index < -0.39 is 0 Å². The number of aromatic nitrogens is 2. The molecule has 0 aliphatic carbocycles. The van der Waals surface area contributed by atoms with E-state index in [9.17, 15) is 14.7 Å². The Bertz CT molecular complexity index is 705. The molecule has 1 amide bonds. The first-order valence-electron chi connectivity index (χ1n) is 5.61. The third-order valence-corrected chi connectivity index (χ3v) is 2.88. The van der Waals surface area contributed by atoms with Crippen LogP contribution in [0.5, 0.6) is 5.75 Å². The van der Waals surface area contributed by atoms with E-state index in [1.54, 1.807) is 12.1 Å². The molecule has 2 aromatic rings. The van der Waals surface area contributed by atoms with E-state index in [1.165, 1.54) is 18.3 Å². The van der Waals surface area contributed by atoms with Gasteiger partial charge in [0.15, 0.2) is 0 Å². The quantitative estimate of drug-likeness (QED) is 0.490. The molecule has 4 N–H and O–H groups in total. The van der Waals surface area contributed by atoms with Crippen LogP contribution in [0.4, 0.5) is 0 Å². The van der Waals surface area contributed by atoms with Crippen LogP contribution in [0, 0.1) is 0 Å². The average molecular weight is 339 g/mol. The molecule has 2 rings (SSSR count). The average Bonchev–Trinajstić information content (AvgIpc) is 2.79. The van der Waals surface area contributed by atoms with Gasteiger partial charge in [-0.2, -0.15) is 5.10 Å². The monoisotopic (exact) mass is 338 g/mol. The largest absolute Gasteiger partial charge is 0.507 e. The number of rotatable bonds is 4. The molecular weight excluding hydrogens is 328 g/mol. The van der Waals surface area contributed by atoms with Crippen LogP contribution in [0.3, 0.4) is 0 Å². The van der Waals surface area contributed by atoms with Gasteiger partial charge in [-0.15, -0.1) is 0 Å². The van der Waals surface area contributed by atoms with Crippen LogP contribution < -0.4 is 11.0 Å². The number of phenols is 1. The third-order valence-electron chi connectivity index (χ3n) is 2.39. The van der Waals surface area contributed by atoms with Crippen LogP contribution in [-0.2, 0) is 11.2 Å². The molecule has 8 heteroatoms. The third kappa shape index (κ3) is 3.82. The number of amides is 1. The lowest BCUT2D eigenvalue weighted by atomic mass is 10.2. The summed E-state index contributed by atoms with van der Waals surface area (Å²) in [6.45, 7) is 0. The highest BCUT2D eigenvalue weighted by Gasteiger charge is 2.04. The molecule has 0 spiro atoms. The summed E-state index contributed by atoms with van der Waals surface area (Å²) >= 11 is 3.27. The van der Waals surface area contributed by atoms with Crippen molar-refractivity contribution in [2.45, 2.75) is 6.42 Å². The van der Waals surface area contributed by atoms with Crippen molar-refractivity contribution < 1.29 is 9.90 Å². The minimum Gasteiger partial charge on any atom is -0.507 e. The Morgan fingerprint density at radius 1 is 1.40 bits per heavy atom. The minimum absolute atomic E-state index is 0.000542. The number of H-pyrrole nitrogens is 2. The normalized spacial score (nSPS) is 10.8. The SMILES string of the molecule is O=C(Cc1cc(=O)[nH][nH]1)N/N=C\c1cc(Br)ccc1O. The van der Waals surface area contributed by atoms with Crippen LogP contribution >= 0.6 is 15.9 Å². The van der Waals surface area contributed by atoms with Crippen molar-refractivity contribution in [3.05, 3.63) is 50.3 Å². The first kappa shape index (κ1) is 14.1. The predicted octanol–water partition coefficient (Wildman–Crippen LogP) is 0.864. The van der Waals surface area contributed by atoms with Crippen LogP contribution in [-0.4, -0.2) is 27.4 Å². The first-order valence-corrected chi connectivity index (χ1v) is 6.41. The second-order valence-corrected chi connectivity index (χ2v) is 4.87. The summed E-state index contributed by atoms with van der Waals surface area (Å²) in [6, 6.07) is 6.16. The smallest absolute Gasteiger partial charge is 0.264 e. The molecule has 0 fully saturated rings. The van der Waals surface area contributed by atoms with Gasteiger partial charge in [-0.05, 0) is 18.2 Å². The maximum Gasteiger partial charge on any atom is 0.264 e. The Morgan fingerprint density at radius 3 is 2.90 bits per heavy atom. The van der Waals surface area contributed by atoms with Crippen molar-refractivity contribution in [1.82, 2.24) is 15.6 Å². The van der Waals surface area contributed by atoms with Gasteiger partial charge in [0.25, 0.3) is 5.56 Å². The van der Waals surface area contributed by atoms with Gasteiger partial charge < -0.3 is 10.2 Å². The van der Waals surface area contributed by atoms with E-state index >= 15 is 0 Å². The molecule has 0 aliphatic heterocycles. The van der Waals surface area contributed by atoms with Gasteiger partial charge in [0.1, 0.15) is 5.75 Å². The Hall–Kier alpha value is -2.35. The molecule has 7 nitrogen and oxygen atoms in total. The number of benzene rings is 1. The highest BCUT2D eigenvalue weighted by atomic mass is 79.9. The Balaban J connectivity index is 1.94. The fraction of sp³-hybridized carbons (Fsp3) is 0.0833. The van der Waals surface area contributed by atoms with Crippen LogP contribution in [0.2, 0.25) is 0 Å². The number of hydrogen-bond acceptors (Lipinski definition) is 4. The fourth-order valence-corrected chi connectivity index (χ4v) is 1.86. The molecule has 1 aromatic heterocycles. The van der Waals surface area contributed by atoms with Crippen LogP contribution in [0.25, 0.3) is 0 Å². The summed E-state index contributed by atoms with van der Waals surface area (Å²) in [7, 11) is 0. The van der Waals surface area contributed by atoms with Gasteiger partial charge in [0.2, 0.25) is 5.91 Å². The van der Waals surface area contributed by atoms with E-state index in [1.807, 2.05) is 0 Å². The predicted molar refractivity (Wildman–Crippen MR) is 76.7 cm³/mol. The zero-order valence-electron chi connectivity index (χ0n) is 10.2. The van der Waals surface area contributed by atoms with Gasteiger partial charge in [-0.1, -0.05) is 15.9 Å². The summed E-state index contributed by atoms with van der Waals surface area (Å²) in [4.78, 5) is 22.4. The van der Waals surface area contributed by atoms with Crippen molar-refractivity contribution in [3.8, 4) is 5.75 Å². The van der Waals surface area contributed by atoms with Crippen molar-refractivity contribution in [2.75, 3.05) is 0 Å². The van der Waals surface area contributed by atoms with Gasteiger partial charge in [-0.25, -0.2) is 5.43 Å². The second kappa shape index (κ2) is 6.20. The molecule has 0 bridgehead atoms. The zero-order valence-corrected chi connectivity index (χ0v) is 11.8. The Kier molecular flexibility index (Phi) is 4.36. The molecule has 0 saturated carbocycles. The molecule has 0 unspecified atom stereocenters. The second-order valence-electron chi connectivity index (χ2n) is 3.96. The number of carbonyl (C=O) groups excluding carboxylic acids is 1. The number of nitrogens with one attached hydrogen (secondary N) is 3. The summed E-state index contributed by atoms with van der Waals surface area (Å²) in [5, 5.41) is 18.2. The molecule has 1 heterocycles. The van der Waals surface area contributed by atoms with Crippen molar-refractivity contribution in [3.63, 3.8) is 0 Å². The Morgan fingerprint density at radius 2 is 2.20 bits per heavy atom. The number of phenolic OH excluding ortho intramolecular Hbond substituents is 1. The molecule has 20 heavy (non-hydrogen) atoms. The zero-order chi connectivity index (χ0) is 14.5. The first-order chi connectivity index (χ1) is 9.54. The fourth-order valence-electron chi connectivity index (χ4n) is 1.48. The van der Waals surface area contributed by atoms with E-state index in [0.29, 0.717) is 11.3 Å². The summed E-state index contributed by atoms with van der Waals surface area (Å²) < 4.78 is 0.785. The standard InChI is InChI=1S/C12H11BrN4O3/c13-8-1-2-10(18)7(3-8)6-14-16-11(19)4-9-5-12(20)17-15-9/h1-3,5-6,18H,4H2,(H,16,19)(H2,15,17,20)/b14-6-. The number of hydrazone groups is 1. The van der Waals surface area contributed by atoms with Gasteiger partial charge in [0, 0.05) is 21.8 Å². The molecule has 104 valence electrons. The lowest BCUT2D eigenvalue weighted by Gasteiger charge is -2.00. The highest BCUT2D eigenvalue weighted by Crippen LogP contribution is 2.19. The highest BCUT2D eigenvalue weighted by molar-refractivity contribution is 9.10. The molecule has 0 aliphatic rings. The van der Waals surface area contributed by atoms with E-state index in [0.717, 1.165) is 4.47 Å². The van der Waals surface area contributed by atoms with E-state index in [2.05, 4.69) is 36.7 Å². The number of aromatic hydroxyl groups is 1. The number of carbonyl (C=O) groups is 1. The van der Waals surface area contributed by atoms with Gasteiger partial charge in [-0.3, -0.25) is 14.7 Å². The van der Waals surface area contributed by atoms with Crippen molar-refractivity contribution in [1.29, 1.82) is 0 Å². The number of halogens is 1. The topological polar surface area (TPSA) is 110 Å². The molecular formula is C12H11BrN4O3. The molecule has 1 aromatic carbocycles. The number of hydrogen-bond donors (Lipinski definition) is 4. The maximum atomic E-state index is 11.5. The lowest BCUT2D eigenvalue weighted by Crippen LogP contribution is -2.20. The van der Waals surface area contributed by atoms with Crippen LogP contribution in [0.1, 0.15) is 11.3 Å². The van der Waals surface area contributed by atoms with E-state index in [4.69, 9.17) is 0 Å². The van der Waals surface area contributed by atoms with Gasteiger partial charge >= 0.3 is 0 Å². The summed E-state index contributed by atoms with van der Waals surface area (Å²) in [5.74, 6) is -0.327. The van der Waals surface area contributed by atoms with E-state index in [-0.39, 0.29) is 23.6 Å². The molecule has 0 radical (unpaired) electrons. The molecule has 0 atom stereocenters. The maximum absolute atomic E-state index is 11.5. The Labute approximate surface area is 121 Å². The van der Waals surface area contributed by atoms with Crippen LogP contribution in [0.15, 0.2) is 38.6 Å². The lowest BCUT2D eigenvalue weighted by molar-refractivity contribution is -0.120. The van der Waals surface area contributed by atoms with Crippen molar-refractivity contribution >= 4 is 28.1 Å². The summed E-state index contributed by atoms with van der Waals surface area (Å²) in [5.41, 5.74) is 2.94. The minimum atomic E-state index is -0.383. The molecule has 0 saturated heterocycles. The summed E-state index contributed by atoms with van der Waals surface area (Å²) in [6.07, 6.45) is 1.33. The van der Waals surface area contributed by atoms with Gasteiger partial charge in [0.05, 0.1) is 12.6 Å². The number of nitrogens with zero attached hydrogens (tertiary/aromatic N) is 1. The number of aromatic amines is 2.